The second kappa shape index (κ2) is 7.85. The number of carbonyl (C=O) groups is 1. The number of H-pyrrole nitrogens is 1. The van der Waals surface area contributed by atoms with Crippen molar-refractivity contribution in [2.24, 2.45) is 5.11 Å². The first-order valence-corrected chi connectivity index (χ1v) is 7.88. The van der Waals surface area contributed by atoms with Crippen LogP contribution in [0, 0.1) is 0 Å². The highest BCUT2D eigenvalue weighted by Gasteiger charge is 2.46. The molecule has 10 nitrogen and oxygen atoms in total. The molecule has 1 fully saturated rings. The van der Waals surface area contributed by atoms with E-state index in [1.165, 1.54) is 0 Å². The monoisotopic (exact) mass is 375 g/mol. The van der Waals surface area contributed by atoms with Gasteiger partial charge in [-0.05, 0) is 17.7 Å². The standard InChI is InChI=1S/C16H14FN5O5/c17-12-13(20-21-18)10(8-26-15(24)9-4-2-1-3-5-9)27-14(12)22-7-6-11(23)19-16(22)25/h1-7,10,12-14H,8H2,(H,19,23,25)/t10-,12?,13?,14-/m0/s1. The second-order valence-corrected chi connectivity index (χ2v) is 5.69. The maximum absolute atomic E-state index is 14.7. The van der Waals surface area contributed by atoms with E-state index in [1.807, 2.05) is 4.98 Å². The van der Waals surface area contributed by atoms with Crippen molar-refractivity contribution < 1.29 is 18.7 Å². The molecule has 0 aliphatic carbocycles. The Balaban J connectivity index is 1.78. The minimum atomic E-state index is -1.88. The van der Waals surface area contributed by atoms with Gasteiger partial charge in [0.25, 0.3) is 5.56 Å². The molecule has 0 spiro atoms. The van der Waals surface area contributed by atoms with Crippen molar-refractivity contribution >= 4 is 5.97 Å². The Labute approximate surface area is 150 Å². The molecule has 1 saturated heterocycles. The summed E-state index contributed by atoms with van der Waals surface area (Å²) in [5, 5.41) is 3.36. The molecule has 1 aromatic carbocycles. The summed E-state index contributed by atoms with van der Waals surface area (Å²) < 4.78 is 26.1. The van der Waals surface area contributed by atoms with Crippen LogP contribution in [0.2, 0.25) is 0 Å². The van der Waals surface area contributed by atoms with Gasteiger partial charge in [0.05, 0.1) is 5.56 Å². The summed E-state index contributed by atoms with van der Waals surface area (Å²) in [6.45, 7) is -0.383. The molecule has 0 radical (unpaired) electrons. The lowest BCUT2D eigenvalue weighted by atomic mass is 10.1. The SMILES string of the molecule is [N-]=[N+]=NC1C(F)[C@@H](n2ccc(=O)[nH]c2=O)O[C@H]1COC(=O)c1ccccc1. The number of alkyl halides is 1. The maximum Gasteiger partial charge on any atom is 0.338 e. The van der Waals surface area contributed by atoms with Crippen molar-refractivity contribution in [1.82, 2.24) is 9.55 Å². The molecule has 0 saturated carbocycles. The van der Waals surface area contributed by atoms with Gasteiger partial charge in [0.1, 0.15) is 18.8 Å². The molecule has 2 heterocycles. The van der Waals surface area contributed by atoms with Gasteiger partial charge >= 0.3 is 11.7 Å². The average Bonchev–Trinajstić information content (AvgIpc) is 2.97. The summed E-state index contributed by atoms with van der Waals surface area (Å²) in [5.41, 5.74) is 7.44. The van der Waals surface area contributed by atoms with Crippen LogP contribution in [0.25, 0.3) is 10.4 Å². The number of hydrogen-bond donors (Lipinski definition) is 1. The van der Waals surface area contributed by atoms with Gasteiger partial charge in [-0.1, -0.05) is 23.3 Å². The molecule has 1 N–H and O–H groups in total. The number of benzene rings is 1. The van der Waals surface area contributed by atoms with Gasteiger partial charge in [-0.25, -0.2) is 14.0 Å². The van der Waals surface area contributed by atoms with Crippen molar-refractivity contribution in [3.8, 4) is 0 Å². The highest BCUT2D eigenvalue weighted by molar-refractivity contribution is 5.89. The van der Waals surface area contributed by atoms with E-state index < -0.39 is 41.8 Å². The predicted molar refractivity (Wildman–Crippen MR) is 89.8 cm³/mol. The summed E-state index contributed by atoms with van der Waals surface area (Å²) in [6.07, 6.45) is -3.35. The molecule has 1 aromatic heterocycles. The van der Waals surface area contributed by atoms with Crippen LogP contribution < -0.4 is 11.2 Å². The molecule has 1 aliphatic rings. The highest BCUT2D eigenvalue weighted by atomic mass is 19.1. The number of aromatic nitrogens is 2. The number of esters is 1. The average molecular weight is 375 g/mol. The number of hydrogen-bond acceptors (Lipinski definition) is 6. The summed E-state index contributed by atoms with van der Waals surface area (Å²) in [4.78, 5) is 39.6. The van der Waals surface area contributed by atoms with Crippen molar-refractivity contribution in [2.75, 3.05) is 6.61 Å². The Bertz CT molecular complexity index is 984. The third kappa shape index (κ3) is 3.89. The summed E-state index contributed by atoms with van der Waals surface area (Å²) in [6, 6.07) is 7.84. The number of halogens is 1. The van der Waals surface area contributed by atoms with Crippen molar-refractivity contribution in [3.05, 3.63) is 79.4 Å². The number of aromatic amines is 1. The van der Waals surface area contributed by atoms with Gasteiger partial charge < -0.3 is 9.47 Å². The lowest BCUT2D eigenvalue weighted by Crippen LogP contribution is -2.35. The molecule has 0 amide bonds. The van der Waals surface area contributed by atoms with Gasteiger partial charge in [0.15, 0.2) is 12.4 Å². The fourth-order valence-corrected chi connectivity index (χ4v) is 2.71. The van der Waals surface area contributed by atoms with Crippen LogP contribution in [-0.4, -0.2) is 40.4 Å². The minimum absolute atomic E-state index is 0.293. The molecule has 0 bridgehead atoms. The number of azide groups is 1. The van der Waals surface area contributed by atoms with E-state index in [1.54, 1.807) is 30.3 Å². The summed E-state index contributed by atoms with van der Waals surface area (Å²) >= 11 is 0. The first-order chi connectivity index (χ1) is 13.0. The lowest BCUT2D eigenvalue weighted by molar-refractivity contribution is -0.0465. The van der Waals surface area contributed by atoms with E-state index >= 15 is 0 Å². The van der Waals surface area contributed by atoms with Crippen LogP contribution in [0.4, 0.5) is 4.39 Å². The lowest BCUT2D eigenvalue weighted by Gasteiger charge is -2.16. The van der Waals surface area contributed by atoms with Gasteiger partial charge in [0.2, 0.25) is 0 Å². The van der Waals surface area contributed by atoms with Crippen LogP contribution in [0.5, 0.6) is 0 Å². The van der Waals surface area contributed by atoms with Crippen molar-refractivity contribution in [2.45, 2.75) is 24.5 Å². The first kappa shape index (κ1) is 18.4. The predicted octanol–water partition coefficient (Wildman–Crippen LogP) is 1.31. The Kier molecular flexibility index (Phi) is 5.34. The van der Waals surface area contributed by atoms with E-state index in [0.717, 1.165) is 16.8 Å². The van der Waals surface area contributed by atoms with Crippen molar-refractivity contribution in [3.63, 3.8) is 0 Å². The first-order valence-electron chi connectivity index (χ1n) is 7.88. The Morgan fingerprint density at radius 3 is 2.74 bits per heavy atom. The maximum atomic E-state index is 14.7. The molecule has 27 heavy (non-hydrogen) atoms. The number of nitrogens with zero attached hydrogens (tertiary/aromatic N) is 4. The zero-order valence-corrected chi connectivity index (χ0v) is 13.8. The second-order valence-electron chi connectivity index (χ2n) is 5.69. The van der Waals surface area contributed by atoms with Gasteiger partial charge in [-0.3, -0.25) is 14.3 Å². The molecule has 2 aromatic rings. The Morgan fingerprint density at radius 2 is 2.07 bits per heavy atom. The van der Waals surface area contributed by atoms with E-state index in [2.05, 4.69) is 10.0 Å². The minimum Gasteiger partial charge on any atom is -0.459 e. The quantitative estimate of drug-likeness (QED) is 0.363. The third-order valence-corrected chi connectivity index (χ3v) is 3.99. The summed E-state index contributed by atoms with van der Waals surface area (Å²) in [5.74, 6) is -0.654. The molecule has 140 valence electrons. The molecule has 2 unspecified atom stereocenters. The topological polar surface area (TPSA) is 139 Å². The van der Waals surface area contributed by atoms with E-state index in [0.29, 0.717) is 5.56 Å². The smallest absolute Gasteiger partial charge is 0.338 e. The zero-order chi connectivity index (χ0) is 19.4. The summed E-state index contributed by atoms with van der Waals surface area (Å²) in [7, 11) is 0. The van der Waals surface area contributed by atoms with Gasteiger partial charge in [-0.2, -0.15) is 0 Å². The normalized spacial score (nSPS) is 24.2. The molecule has 4 atom stereocenters. The largest absolute Gasteiger partial charge is 0.459 e. The molecule has 1 aliphatic heterocycles. The molecule has 3 rings (SSSR count). The van der Waals surface area contributed by atoms with Crippen LogP contribution in [-0.2, 0) is 9.47 Å². The van der Waals surface area contributed by atoms with E-state index in [-0.39, 0.29) is 6.61 Å². The molecular formula is C16H14FN5O5. The molecular weight excluding hydrogens is 361 g/mol. The fourth-order valence-electron chi connectivity index (χ4n) is 2.71. The van der Waals surface area contributed by atoms with Crippen LogP contribution >= 0.6 is 0 Å². The Hall–Kier alpha value is -3.43. The van der Waals surface area contributed by atoms with Crippen LogP contribution in [0.15, 0.2) is 57.3 Å². The fraction of sp³-hybridized carbons (Fsp3) is 0.312. The number of carbonyl (C=O) groups excluding carboxylic acids is 1. The van der Waals surface area contributed by atoms with E-state index in [4.69, 9.17) is 15.0 Å². The van der Waals surface area contributed by atoms with Gasteiger partial charge in [-0.15, -0.1) is 0 Å². The van der Waals surface area contributed by atoms with Gasteiger partial charge in [0, 0.05) is 17.2 Å². The third-order valence-electron chi connectivity index (χ3n) is 3.99. The van der Waals surface area contributed by atoms with Crippen LogP contribution in [0.1, 0.15) is 16.6 Å². The number of nitrogens with one attached hydrogen (secondary N) is 1. The number of ether oxygens (including phenoxy) is 2. The number of rotatable bonds is 5. The van der Waals surface area contributed by atoms with Crippen LogP contribution in [0.3, 0.4) is 0 Å². The zero-order valence-electron chi connectivity index (χ0n) is 13.8. The van der Waals surface area contributed by atoms with E-state index in [9.17, 15) is 18.8 Å². The highest BCUT2D eigenvalue weighted by Crippen LogP contribution is 2.33. The molecule has 11 heteroatoms. The van der Waals surface area contributed by atoms with Crippen molar-refractivity contribution in [1.29, 1.82) is 0 Å². The Morgan fingerprint density at radius 1 is 1.33 bits per heavy atom.